The molecule has 1 saturated carbocycles. The van der Waals surface area contributed by atoms with Gasteiger partial charge in [-0.15, -0.1) is 0 Å². The molecule has 4 rings (SSSR count). The number of nitrogens with zero attached hydrogens (tertiary/aromatic N) is 3. The highest BCUT2D eigenvalue weighted by Gasteiger charge is 2.31. The maximum Gasteiger partial charge on any atom is 0.263 e. The second-order valence-corrected chi connectivity index (χ2v) is 8.79. The van der Waals surface area contributed by atoms with Crippen LogP contribution >= 0.6 is 11.6 Å². The van der Waals surface area contributed by atoms with Crippen LogP contribution in [0.2, 0.25) is 5.15 Å². The Bertz CT molecular complexity index is 859. The van der Waals surface area contributed by atoms with Crippen LogP contribution in [0.25, 0.3) is 0 Å². The van der Waals surface area contributed by atoms with E-state index in [-0.39, 0.29) is 10.0 Å². The van der Waals surface area contributed by atoms with Crippen molar-refractivity contribution in [2.45, 2.75) is 23.8 Å². The SMILES string of the molecule is O=S(=O)(Nc1ccc(N2CCN(C3CC3)CC2)cc1)c1ccc(Cl)nc1. The average molecular weight is 393 g/mol. The van der Waals surface area contributed by atoms with Crippen molar-refractivity contribution in [3.05, 3.63) is 47.7 Å². The first-order valence-corrected chi connectivity index (χ1v) is 10.6. The molecule has 1 aromatic carbocycles. The molecule has 0 unspecified atom stereocenters. The van der Waals surface area contributed by atoms with Crippen LogP contribution in [-0.4, -0.2) is 50.5 Å². The largest absolute Gasteiger partial charge is 0.369 e. The molecule has 0 spiro atoms. The Morgan fingerprint density at radius 3 is 2.27 bits per heavy atom. The van der Waals surface area contributed by atoms with Crippen LogP contribution in [0.5, 0.6) is 0 Å². The predicted octanol–water partition coefficient (Wildman–Crippen LogP) is 2.82. The normalized spacial score (nSPS) is 18.7. The number of pyridine rings is 1. The molecule has 6 nitrogen and oxygen atoms in total. The smallest absolute Gasteiger partial charge is 0.263 e. The molecule has 2 aromatic rings. The van der Waals surface area contributed by atoms with E-state index in [9.17, 15) is 8.42 Å². The lowest BCUT2D eigenvalue weighted by atomic mass is 10.2. The topological polar surface area (TPSA) is 65.5 Å². The van der Waals surface area contributed by atoms with E-state index in [1.807, 2.05) is 12.1 Å². The second-order valence-electron chi connectivity index (χ2n) is 6.72. The number of nitrogens with one attached hydrogen (secondary N) is 1. The van der Waals surface area contributed by atoms with Crippen molar-refractivity contribution in [2.24, 2.45) is 0 Å². The van der Waals surface area contributed by atoms with Crippen LogP contribution in [0.1, 0.15) is 12.8 Å². The highest BCUT2D eigenvalue weighted by atomic mass is 35.5. The van der Waals surface area contributed by atoms with Gasteiger partial charge in [0, 0.05) is 49.8 Å². The molecule has 1 aromatic heterocycles. The minimum Gasteiger partial charge on any atom is -0.369 e. The number of halogens is 1. The Labute approximate surface area is 158 Å². The molecule has 8 heteroatoms. The van der Waals surface area contributed by atoms with E-state index in [0.29, 0.717) is 5.69 Å². The van der Waals surface area contributed by atoms with Crippen molar-refractivity contribution in [3.63, 3.8) is 0 Å². The summed E-state index contributed by atoms with van der Waals surface area (Å²) in [6, 6.07) is 11.2. The number of hydrogen-bond donors (Lipinski definition) is 1. The van der Waals surface area contributed by atoms with Gasteiger partial charge in [-0.2, -0.15) is 0 Å². The van der Waals surface area contributed by atoms with Crippen molar-refractivity contribution in [2.75, 3.05) is 35.8 Å². The van der Waals surface area contributed by atoms with Gasteiger partial charge in [0.25, 0.3) is 10.0 Å². The van der Waals surface area contributed by atoms with Gasteiger partial charge in [-0.25, -0.2) is 13.4 Å². The highest BCUT2D eigenvalue weighted by Crippen LogP contribution is 2.29. The van der Waals surface area contributed by atoms with E-state index in [0.717, 1.165) is 37.9 Å². The number of aromatic nitrogens is 1. The Balaban J connectivity index is 1.40. The Morgan fingerprint density at radius 2 is 1.69 bits per heavy atom. The third-order valence-electron chi connectivity index (χ3n) is 4.87. The maximum atomic E-state index is 12.4. The van der Waals surface area contributed by atoms with Crippen molar-refractivity contribution in [3.8, 4) is 0 Å². The van der Waals surface area contributed by atoms with Gasteiger partial charge in [-0.3, -0.25) is 9.62 Å². The molecule has 1 aliphatic heterocycles. The summed E-state index contributed by atoms with van der Waals surface area (Å²) in [7, 11) is -3.67. The summed E-state index contributed by atoms with van der Waals surface area (Å²) in [5, 5.41) is 0.259. The highest BCUT2D eigenvalue weighted by molar-refractivity contribution is 7.92. The zero-order valence-corrected chi connectivity index (χ0v) is 15.9. The first-order chi connectivity index (χ1) is 12.5. The quantitative estimate of drug-likeness (QED) is 0.792. The van der Waals surface area contributed by atoms with E-state index >= 15 is 0 Å². The molecule has 0 bridgehead atoms. The number of anilines is 2. The van der Waals surface area contributed by atoms with Gasteiger partial charge in [-0.1, -0.05) is 11.6 Å². The van der Waals surface area contributed by atoms with Gasteiger partial charge < -0.3 is 4.90 Å². The van der Waals surface area contributed by atoms with Gasteiger partial charge >= 0.3 is 0 Å². The fourth-order valence-corrected chi connectivity index (χ4v) is 4.38. The number of benzene rings is 1. The molecule has 2 fully saturated rings. The monoisotopic (exact) mass is 392 g/mol. The molecule has 1 N–H and O–H groups in total. The van der Waals surface area contributed by atoms with Gasteiger partial charge in [0.15, 0.2) is 0 Å². The molecule has 0 radical (unpaired) electrons. The Hall–Kier alpha value is -1.83. The van der Waals surface area contributed by atoms with Crippen LogP contribution < -0.4 is 9.62 Å². The van der Waals surface area contributed by atoms with Gasteiger partial charge in [0.2, 0.25) is 0 Å². The Morgan fingerprint density at radius 1 is 1.00 bits per heavy atom. The van der Waals surface area contributed by atoms with E-state index in [4.69, 9.17) is 11.6 Å². The molecule has 138 valence electrons. The first-order valence-electron chi connectivity index (χ1n) is 8.75. The van der Waals surface area contributed by atoms with Crippen LogP contribution in [0, 0.1) is 0 Å². The lowest BCUT2D eigenvalue weighted by Gasteiger charge is -2.36. The summed E-state index contributed by atoms with van der Waals surface area (Å²) < 4.78 is 27.4. The van der Waals surface area contributed by atoms with E-state index < -0.39 is 10.0 Å². The molecule has 1 saturated heterocycles. The number of sulfonamides is 1. The third-order valence-corrected chi connectivity index (χ3v) is 6.46. The molecule has 0 amide bonds. The van der Waals surface area contributed by atoms with E-state index in [1.165, 1.54) is 31.2 Å². The third kappa shape index (κ3) is 3.95. The van der Waals surface area contributed by atoms with Crippen molar-refractivity contribution < 1.29 is 8.42 Å². The van der Waals surface area contributed by atoms with Crippen LogP contribution in [-0.2, 0) is 10.0 Å². The summed E-state index contributed by atoms with van der Waals surface area (Å²) in [4.78, 5) is 8.82. The summed E-state index contributed by atoms with van der Waals surface area (Å²) in [5.41, 5.74) is 1.65. The predicted molar refractivity (Wildman–Crippen MR) is 103 cm³/mol. The molecular weight excluding hydrogens is 372 g/mol. The van der Waals surface area contributed by atoms with Gasteiger partial charge in [-0.05, 0) is 49.2 Å². The standard InChI is InChI=1S/C18H21ClN4O2S/c19-18-8-7-17(13-20-18)26(24,25)21-14-1-3-15(4-2-14)22-9-11-23(12-10-22)16-5-6-16/h1-4,7-8,13,16,21H,5-6,9-12H2. The van der Waals surface area contributed by atoms with Crippen molar-refractivity contribution in [1.29, 1.82) is 0 Å². The van der Waals surface area contributed by atoms with Gasteiger partial charge in [0.05, 0.1) is 0 Å². The van der Waals surface area contributed by atoms with E-state index in [1.54, 1.807) is 12.1 Å². The van der Waals surface area contributed by atoms with Crippen LogP contribution in [0.4, 0.5) is 11.4 Å². The molecule has 1 aliphatic carbocycles. The number of rotatable bonds is 5. The lowest BCUT2D eigenvalue weighted by molar-refractivity contribution is 0.248. The lowest BCUT2D eigenvalue weighted by Crippen LogP contribution is -2.47. The second kappa shape index (κ2) is 7.06. The molecule has 2 aliphatic rings. The van der Waals surface area contributed by atoms with Gasteiger partial charge in [0.1, 0.15) is 10.0 Å². The number of piperazine rings is 1. The van der Waals surface area contributed by atoms with Crippen molar-refractivity contribution in [1.82, 2.24) is 9.88 Å². The van der Waals surface area contributed by atoms with Crippen molar-refractivity contribution >= 4 is 33.0 Å². The minimum absolute atomic E-state index is 0.0853. The summed E-state index contributed by atoms with van der Waals surface area (Å²) in [6.45, 7) is 4.22. The fraction of sp³-hybridized carbons (Fsp3) is 0.389. The molecular formula is C18H21ClN4O2S. The fourth-order valence-electron chi connectivity index (χ4n) is 3.26. The minimum atomic E-state index is -3.67. The molecule has 2 heterocycles. The first kappa shape index (κ1) is 17.6. The molecule has 26 heavy (non-hydrogen) atoms. The average Bonchev–Trinajstić information content (AvgIpc) is 3.48. The summed E-state index contributed by atoms with van der Waals surface area (Å²) in [6.07, 6.45) is 3.94. The Kier molecular flexibility index (Phi) is 4.77. The van der Waals surface area contributed by atoms with Crippen LogP contribution in [0.3, 0.4) is 0 Å². The summed E-state index contributed by atoms with van der Waals surface area (Å²) >= 11 is 5.71. The zero-order valence-electron chi connectivity index (χ0n) is 14.3. The zero-order chi connectivity index (χ0) is 18.1. The maximum absolute atomic E-state index is 12.4. The van der Waals surface area contributed by atoms with Crippen LogP contribution in [0.15, 0.2) is 47.5 Å². The summed E-state index contributed by atoms with van der Waals surface area (Å²) in [5.74, 6) is 0. The molecule has 0 atom stereocenters. The number of hydrogen-bond acceptors (Lipinski definition) is 5. The van der Waals surface area contributed by atoms with E-state index in [2.05, 4.69) is 19.5 Å².